The van der Waals surface area contributed by atoms with Crippen LogP contribution in [0.15, 0.2) is 29.4 Å². The Morgan fingerprint density at radius 3 is 2.35 bits per heavy atom. The number of carbonyl (C=O) groups is 4. The number of hydrogen-bond acceptors (Lipinski definition) is 12. The zero-order chi connectivity index (χ0) is 31.5. The van der Waals surface area contributed by atoms with Crippen LogP contribution in [0.2, 0.25) is 0 Å². The minimum absolute atomic E-state index is 0.170. The number of amides is 1. The molecule has 3 rings (SSSR count). The highest BCUT2D eigenvalue weighted by atomic mass is 32.2. The van der Waals surface area contributed by atoms with Crippen molar-refractivity contribution >= 4 is 35.6 Å². The average Bonchev–Trinajstić information content (AvgIpc) is 3.30. The molecule has 2 aromatic rings. The summed E-state index contributed by atoms with van der Waals surface area (Å²) in [4.78, 5) is 48.2. The van der Waals surface area contributed by atoms with Crippen LogP contribution in [0.3, 0.4) is 0 Å². The summed E-state index contributed by atoms with van der Waals surface area (Å²) >= 11 is 1.16. The van der Waals surface area contributed by atoms with Crippen LogP contribution in [0.1, 0.15) is 65.3 Å². The van der Waals surface area contributed by atoms with E-state index in [9.17, 15) is 19.2 Å². The van der Waals surface area contributed by atoms with E-state index in [-0.39, 0.29) is 13.2 Å². The van der Waals surface area contributed by atoms with Gasteiger partial charge in [0.2, 0.25) is 5.91 Å². The molecular weight excluding hydrogens is 580 g/mol. The zero-order valence-corrected chi connectivity index (χ0v) is 26.2. The lowest BCUT2D eigenvalue weighted by Gasteiger charge is -2.44. The molecule has 1 aliphatic heterocycles. The number of aryl methyl sites for hydroxylation is 1. The Hall–Kier alpha value is -3.65. The fourth-order valence-electron chi connectivity index (χ4n) is 4.61. The molecule has 5 atom stereocenters. The maximum atomic E-state index is 12.3. The first-order valence-electron chi connectivity index (χ1n) is 14.2. The van der Waals surface area contributed by atoms with E-state index in [1.165, 1.54) is 27.7 Å². The SMILES string of the molecule is CCCCCn1c(COc2cccc(C)c2)nnc1S[C@@H]1O[C@H](COC(C)=O)[C@@H](OC(C)=O)[C@H](OC(C)=O)[C@H]1NC(C)=O. The Morgan fingerprint density at radius 1 is 1.00 bits per heavy atom. The molecule has 43 heavy (non-hydrogen) atoms. The van der Waals surface area contributed by atoms with Gasteiger partial charge in [-0.2, -0.15) is 0 Å². The fraction of sp³-hybridized carbons (Fsp3) is 0.586. The van der Waals surface area contributed by atoms with Gasteiger partial charge in [-0.1, -0.05) is 43.7 Å². The van der Waals surface area contributed by atoms with Crippen molar-refractivity contribution in [2.45, 2.75) is 109 Å². The lowest BCUT2D eigenvalue weighted by molar-refractivity contribution is -0.211. The maximum Gasteiger partial charge on any atom is 0.303 e. The molecule has 0 bridgehead atoms. The number of benzene rings is 1. The molecule has 0 aliphatic carbocycles. The molecule has 14 heteroatoms. The maximum absolute atomic E-state index is 12.3. The van der Waals surface area contributed by atoms with Gasteiger partial charge in [-0.05, 0) is 31.0 Å². The van der Waals surface area contributed by atoms with Crippen LogP contribution in [0.25, 0.3) is 0 Å². The van der Waals surface area contributed by atoms with Gasteiger partial charge in [0.25, 0.3) is 0 Å². The number of rotatable bonds is 14. The van der Waals surface area contributed by atoms with Crippen LogP contribution in [0, 0.1) is 6.92 Å². The lowest BCUT2D eigenvalue weighted by Crippen LogP contribution is -2.65. The second-order valence-electron chi connectivity index (χ2n) is 10.2. The van der Waals surface area contributed by atoms with Crippen LogP contribution in [-0.4, -0.2) is 75.0 Å². The first-order chi connectivity index (χ1) is 20.5. The standard InChI is InChI=1S/C29H40N4O9S/c1-7-8-9-13-33-24(16-39-22-12-10-11-17(2)14-22)31-32-29(33)43-28-25(30-18(3)34)27(41-21(6)37)26(40-20(5)36)23(42-28)15-38-19(4)35/h10-12,14,23,25-28H,7-9,13,15-16H2,1-6H3,(H,30,34)/t23-,25-,26-,27-,28+/m1/s1. The first kappa shape index (κ1) is 33.8. The molecule has 2 heterocycles. The molecule has 1 saturated heterocycles. The number of esters is 3. The number of nitrogens with zero attached hydrogens (tertiary/aromatic N) is 3. The highest BCUT2D eigenvalue weighted by Crippen LogP contribution is 2.36. The van der Waals surface area contributed by atoms with Gasteiger partial charge in [0, 0.05) is 34.2 Å². The van der Waals surface area contributed by atoms with Crippen molar-refractivity contribution in [1.82, 2.24) is 20.1 Å². The topological polar surface area (TPSA) is 157 Å². The van der Waals surface area contributed by atoms with Gasteiger partial charge in [-0.3, -0.25) is 19.2 Å². The predicted octanol–water partition coefficient (Wildman–Crippen LogP) is 3.10. The van der Waals surface area contributed by atoms with Crippen molar-refractivity contribution in [1.29, 1.82) is 0 Å². The number of unbranched alkanes of at least 4 members (excludes halogenated alkanes) is 2. The molecule has 0 saturated carbocycles. The summed E-state index contributed by atoms with van der Waals surface area (Å²) in [6.07, 6.45) is -0.485. The molecule has 236 valence electrons. The number of nitrogens with one attached hydrogen (secondary N) is 1. The monoisotopic (exact) mass is 620 g/mol. The van der Waals surface area contributed by atoms with Gasteiger partial charge in [-0.25, -0.2) is 0 Å². The van der Waals surface area contributed by atoms with Crippen LogP contribution >= 0.6 is 11.8 Å². The highest BCUT2D eigenvalue weighted by Gasteiger charge is 2.51. The summed E-state index contributed by atoms with van der Waals surface area (Å²) < 4.78 is 30.5. The summed E-state index contributed by atoms with van der Waals surface area (Å²) in [6, 6.07) is 6.73. The first-order valence-corrected chi connectivity index (χ1v) is 15.0. The van der Waals surface area contributed by atoms with E-state index in [1.54, 1.807) is 0 Å². The normalized spacial score (nSPS) is 21.5. The number of hydrogen-bond donors (Lipinski definition) is 1. The molecule has 1 aromatic heterocycles. The van der Waals surface area contributed by atoms with E-state index < -0.39 is 53.6 Å². The van der Waals surface area contributed by atoms with Gasteiger partial charge in [0.15, 0.2) is 23.2 Å². The molecule has 1 N–H and O–H groups in total. The van der Waals surface area contributed by atoms with E-state index in [4.69, 9.17) is 23.7 Å². The smallest absolute Gasteiger partial charge is 0.303 e. The summed E-state index contributed by atoms with van der Waals surface area (Å²) in [5.41, 5.74) is 0.162. The lowest BCUT2D eigenvalue weighted by atomic mass is 9.97. The molecule has 1 amide bonds. The minimum Gasteiger partial charge on any atom is -0.486 e. The predicted molar refractivity (Wildman–Crippen MR) is 155 cm³/mol. The van der Waals surface area contributed by atoms with Crippen LogP contribution in [0.4, 0.5) is 0 Å². The van der Waals surface area contributed by atoms with Crippen molar-refractivity contribution in [3.63, 3.8) is 0 Å². The van der Waals surface area contributed by atoms with E-state index in [2.05, 4.69) is 22.4 Å². The summed E-state index contributed by atoms with van der Waals surface area (Å²) in [5, 5.41) is 12.1. The van der Waals surface area contributed by atoms with Crippen LogP contribution in [0.5, 0.6) is 5.75 Å². The highest BCUT2D eigenvalue weighted by molar-refractivity contribution is 7.99. The molecule has 0 spiro atoms. The molecule has 0 unspecified atom stereocenters. The number of carbonyl (C=O) groups excluding carboxylic acids is 4. The van der Waals surface area contributed by atoms with Gasteiger partial charge in [-0.15, -0.1) is 10.2 Å². The van der Waals surface area contributed by atoms with Crippen LogP contribution < -0.4 is 10.1 Å². The summed E-state index contributed by atoms with van der Waals surface area (Å²) in [5.74, 6) is -1.03. The fourth-order valence-corrected chi connectivity index (χ4v) is 5.79. The minimum atomic E-state index is -1.17. The van der Waals surface area contributed by atoms with Crippen molar-refractivity contribution < 1.29 is 42.9 Å². The molecular formula is C29H40N4O9S. The third kappa shape index (κ3) is 10.2. The summed E-state index contributed by atoms with van der Waals surface area (Å²) in [7, 11) is 0. The third-order valence-corrected chi connectivity index (χ3v) is 7.58. The van der Waals surface area contributed by atoms with E-state index >= 15 is 0 Å². The Balaban J connectivity index is 1.97. The Morgan fingerprint density at radius 2 is 1.72 bits per heavy atom. The number of ether oxygens (including phenoxy) is 5. The van der Waals surface area contributed by atoms with Crippen molar-refractivity contribution in [2.24, 2.45) is 0 Å². The van der Waals surface area contributed by atoms with E-state index in [0.29, 0.717) is 23.3 Å². The van der Waals surface area contributed by atoms with Gasteiger partial charge in [0.05, 0.1) is 0 Å². The quantitative estimate of drug-likeness (QED) is 0.187. The van der Waals surface area contributed by atoms with Gasteiger partial charge >= 0.3 is 17.9 Å². The largest absolute Gasteiger partial charge is 0.486 e. The molecule has 1 aromatic carbocycles. The van der Waals surface area contributed by atoms with Gasteiger partial charge < -0.3 is 33.6 Å². The van der Waals surface area contributed by atoms with Gasteiger partial charge in [0.1, 0.15) is 36.5 Å². The van der Waals surface area contributed by atoms with Crippen LogP contribution in [-0.2, 0) is 51.3 Å². The van der Waals surface area contributed by atoms with Crippen molar-refractivity contribution in [3.05, 3.63) is 35.7 Å². The molecule has 1 aliphatic rings. The summed E-state index contributed by atoms with van der Waals surface area (Å²) in [6.45, 7) is 9.53. The second kappa shape index (κ2) is 16.3. The molecule has 13 nitrogen and oxygen atoms in total. The van der Waals surface area contributed by atoms with Crippen molar-refractivity contribution in [2.75, 3.05) is 6.61 Å². The van der Waals surface area contributed by atoms with E-state index in [1.807, 2.05) is 35.8 Å². The Kier molecular flexibility index (Phi) is 12.8. The Bertz CT molecular complexity index is 1270. The molecule has 1 fully saturated rings. The third-order valence-electron chi connectivity index (χ3n) is 6.43. The number of aromatic nitrogens is 3. The zero-order valence-electron chi connectivity index (χ0n) is 25.4. The van der Waals surface area contributed by atoms with E-state index in [0.717, 1.165) is 36.6 Å². The van der Waals surface area contributed by atoms with Crippen molar-refractivity contribution in [3.8, 4) is 5.75 Å². The number of thioether (sulfide) groups is 1. The average molecular weight is 621 g/mol. The second-order valence-corrected chi connectivity index (χ2v) is 11.3. The Labute approximate surface area is 255 Å². The molecule has 0 radical (unpaired) electrons.